The van der Waals surface area contributed by atoms with Gasteiger partial charge < -0.3 is 9.64 Å². The van der Waals surface area contributed by atoms with Crippen molar-refractivity contribution in [3.63, 3.8) is 0 Å². The maximum absolute atomic E-state index is 13.8. The first-order valence-electron chi connectivity index (χ1n) is 12.1. The third kappa shape index (κ3) is 5.04. The lowest BCUT2D eigenvalue weighted by Gasteiger charge is -2.30. The quantitative estimate of drug-likeness (QED) is 0.344. The van der Waals surface area contributed by atoms with Gasteiger partial charge in [-0.15, -0.1) is 0 Å². The highest BCUT2D eigenvalue weighted by atomic mass is 19.4. The zero-order valence-electron chi connectivity index (χ0n) is 20.5. The molecule has 1 aliphatic heterocycles. The van der Waals surface area contributed by atoms with Gasteiger partial charge in [-0.1, -0.05) is 60.7 Å². The van der Waals surface area contributed by atoms with Gasteiger partial charge in [0.1, 0.15) is 11.6 Å². The summed E-state index contributed by atoms with van der Waals surface area (Å²) in [5.74, 6) is 0.506. The molecule has 0 saturated heterocycles. The molecule has 9 heteroatoms. The largest absolute Gasteiger partial charge is 0.416 e. The Morgan fingerprint density at radius 2 is 1.50 bits per heavy atom. The number of ether oxygens (including phenoxy) is 1. The standard InChI is InChI=1S/C29H24F3N3O3/c1-19-33-25-18-34(28(37)38-23-14-12-22(13-15-23)29(30,31)32)17-16-24(25)27(36)35(19)26(20-8-4-2-5-9-20)21-10-6-3-7-11-21/h2-15,26H,16-18H2,1H3. The van der Waals surface area contributed by atoms with Crippen molar-refractivity contribution in [3.05, 3.63) is 129 Å². The molecule has 194 valence electrons. The van der Waals surface area contributed by atoms with Crippen molar-refractivity contribution in [1.29, 1.82) is 0 Å². The highest BCUT2D eigenvalue weighted by Gasteiger charge is 2.31. The van der Waals surface area contributed by atoms with Gasteiger partial charge in [-0.3, -0.25) is 9.36 Å². The van der Waals surface area contributed by atoms with E-state index >= 15 is 0 Å². The van der Waals surface area contributed by atoms with Crippen LogP contribution in [-0.2, 0) is 19.1 Å². The number of hydrogen-bond donors (Lipinski definition) is 0. The summed E-state index contributed by atoms with van der Waals surface area (Å²) >= 11 is 0. The summed E-state index contributed by atoms with van der Waals surface area (Å²) in [7, 11) is 0. The molecule has 0 unspecified atom stereocenters. The molecule has 0 aliphatic carbocycles. The first-order valence-corrected chi connectivity index (χ1v) is 12.1. The number of fused-ring (bicyclic) bond motifs is 1. The fourth-order valence-corrected chi connectivity index (χ4v) is 4.72. The van der Waals surface area contributed by atoms with E-state index in [2.05, 4.69) is 0 Å². The predicted octanol–water partition coefficient (Wildman–Crippen LogP) is 5.77. The number of aromatic nitrogens is 2. The lowest BCUT2D eigenvalue weighted by Crippen LogP contribution is -2.43. The van der Waals surface area contributed by atoms with Crippen molar-refractivity contribution in [1.82, 2.24) is 14.5 Å². The van der Waals surface area contributed by atoms with Gasteiger partial charge in [0.05, 0.1) is 23.8 Å². The summed E-state index contributed by atoms with van der Waals surface area (Å²) in [5.41, 5.74) is 1.92. The van der Waals surface area contributed by atoms with Crippen molar-refractivity contribution >= 4 is 6.09 Å². The van der Waals surface area contributed by atoms with Crippen molar-refractivity contribution < 1.29 is 22.7 Å². The second-order valence-electron chi connectivity index (χ2n) is 9.04. The maximum atomic E-state index is 13.8. The van der Waals surface area contributed by atoms with E-state index in [4.69, 9.17) is 9.72 Å². The third-order valence-electron chi connectivity index (χ3n) is 6.58. The Morgan fingerprint density at radius 1 is 0.921 bits per heavy atom. The number of rotatable bonds is 4. The second-order valence-corrected chi connectivity index (χ2v) is 9.04. The topological polar surface area (TPSA) is 64.4 Å². The highest BCUT2D eigenvalue weighted by molar-refractivity contribution is 5.71. The molecule has 0 saturated carbocycles. The average Bonchev–Trinajstić information content (AvgIpc) is 2.91. The van der Waals surface area contributed by atoms with Crippen LogP contribution in [0.5, 0.6) is 5.75 Å². The number of aryl methyl sites for hydroxylation is 1. The van der Waals surface area contributed by atoms with Crippen molar-refractivity contribution in [2.24, 2.45) is 0 Å². The molecule has 0 bridgehead atoms. The van der Waals surface area contributed by atoms with Crippen LogP contribution in [0.15, 0.2) is 89.7 Å². The van der Waals surface area contributed by atoms with Crippen LogP contribution in [0.25, 0.3) is 0 Å². The molecule has 1 aliphatic rings. The molecule has 6 nitrogen and oxygen atoms in total. The summed E-state index contributed by atoms with van der Waals surface area (Å²) < 4.78 is 45.4. The summed E-state index contributed by atoms with van der Waals surface area (Å²) in [6, 6.07) is 23.0. The fourth-order valence-electron chi connectivity index (χ4n) is 4.72. The van der Waals surface area contributed by atoms with Crippen molar-refractivity contribution in [2.75, 3.05) is 6.54 Å². The zero-order chi connectivity index (χ0) is 26.9. The molecule has 2 heterocycles. The van der Waals surface area contributed by atoms with E-state index in [9.17, 15) is 22.8 Å². The van der Waals surface area contributed by atoms with Gasteiger partial charge in [0.15, 0.2) is 0 Å². The first kappa shape index (κ1) is 25.3. The number of hydrogen-bond acceptors (Lipinski definition) is 4. The number of nitrogens with zero attached hydrogens (tertiary/aromatic N) is 3. The minimum atomic E-state index is -4.48. The number of alkyl halides is 3. The normalized spacial score (nSPS) is 13.3. The summed E-state index contributed by atoms with van der Waals surface area (Å²) in [5, 5.41) is 0. The van der Waals surface area contributed by atoms with E-state index in [1.807, 2.05) is 60.7 Å². The lowest BCUT2D eigenvalue weighted by molar-refractivity contribution is -0.137. The molecule has 1 amide bonds. The lowest BCUT2D eigenvalue weighted by atomic mass is 9.97. The fraction of sp³-hybridized carbons (Fsp3) is 0.207. The van der Waals surface area contributed by atoms with Gasteiger partial charge in [-0.05, 0) is 48.7 Å². The number of halogens is 3. The smallest absolute Gasteiger partial charge is 0.410 e. The predicted molar refractivity (Wildman–Crippen MR) is 135 cm³/mol. The van der Waals surface area contributed by atoms with Gasteiger partial charge in [0.25, 0.3) is 5.56 Å². The Bertz CT molecular complexity index is 1460. The van der Waals surface area contributed by atoms with Crippen LogP contribution in [0.1, 0.15) is 39.8 Å². The molecule has 0 radical (unpaired) electrons. The van der Waals surface area contributed by atoms with Gasteiger partial charge in [0, 0.05) is 12.1 Å². The minimum absolute atomic E-state index is 0.00178. The Balaban J connectivity index is 1.42. The molecule has 3 aromatic carbocycles. The Morgan fingerprint density at radius 3 is 2.05 bits per heavy atom. The van der Waals surface area contributed by atoms with E-state index in [1.54, 1.807) is 11.5 Å². The van der Waals surface area contributed by atoms with Crippen LogP contribution in [0.3, 0.4) is 0 Å². The number of carbonyl (C=O) groups excluding carboxylic acids is 1. The van der Waals surface area contributed by atoms with E-state index in [0.717, 1.165) is 35.4 Å². The summed E-state index contributed by atoms with van der Waals surface area (Å²) in [6.07, 6.45) is -4.92. The second kappa shape index (κ2) is 10.2. The van der Waals surface area contributed by atoms with Crippen LogP contribution in [0.4, 0.5) is 18.0 Å². The molecular formula is C29H24F3N3O3. The van der Waals surface area contributed by atoms with Crippen LogP contribution in [0.2, 0.25) is 0 Å². The molecule has 0 N–H and O–H groups in total. The third-order valence-corrected chi connectivity index (χ3v) is 6.58. The molecule has 38 heavy (non-hydrogen) atoms. The molecular weight excluding hydrogens is 495 g/mol. The number of benzene rings is 3. The van der Waals surface area contributed by atoms with Gasteiger partial charge >= 0.3 is 12.3 Å². The maximum Gasteiger partial charge on any atom is 0.416 e. The van der Waals surface area contributed by atoms with E-state index in [1.165, 1.54) is 4.90 Å². The minimum Gasteiger partial charge on any atom is -0.410 e. The van der Waals surface area contributed by atoms with Crippen molar-refractivity contribution in [3.8, 4) is 5.75 Å². The number of amides is 1. The van der Waals surface area contributed by atoms with Crippen LogP contribution in [-0.4, -0.2) is 27.1 Å². The summed E-state index contributed by atoms with van der Waals surface area (Å²) in [4.78, 5) is 32.6. The Labute approximate surface area is 216 Å². The zero-order valence-corrected chi connectivity index (χ0v) is 20.5. The van der Waals surface area contributed by atoms with E-state index in [-0.39, 0.29) is 36.9 Å². The SMILES string of the molecule is Cc1nc2c(c(=O)n1C(c1ccccc1)c1ccccc1)CCN(C(=O)Oc1ccc(C(F)(F)F)cc1)C2. The molecule has 0 atom stereocenters. The number of carbonyl (C=O) groups is 1. The van der Waals surface area contributed by atoms with Crippen LogP contribution in [0, 0.1) is 6.92 Å². The molecule has 4 aromatic rings. The molecule has 0 fully saturated rings. The monoisotopic (exact) mass is 519 g/mol. The van der Waals surface area contributed by atoms with Crippen molar-refractivity contribution in [2.45, 2.75) is 32.1 Å². The molecule has 0 spiro atoms. The highest BCUT2D eigenvalue weighted by Crippen LogP contribution is 2.31. The van der Waals surface area contributed by atoms with Gasteiger partial charge in [-0.25, -0.2) is 9.78 Å². The van der Waals surface area contributed by atoms with E-state index < -0.39 is 17.8 Å². The molecule has 5 rings (SSSR count). The van der Waals surface area contributed by atoms with Gasteiger partial charge in [-0.2, -0.15) is 13.2 Å². The molecule has 1 aromatic heterocycles. The Kier molecular flexibility index (Phi) is 6.75. The first-order chi connectivity index (χ1) is 18.2. The van der Waals surface area contributed by atoms with E-state index in [0.29, 0.717) is 17.1 Å². The van der Waals surface area contributed by atoms with Crippen LogP contribution >= 0.6 is 0 Å². The Hall–Kier alpha value is -4.40. The average molecular weight is 520 g/mol. The summed E-state index contributed by atoms with van der Waals surface area (Å²) in [6.45, 7) is 2.04. The van der Waals surface area contributed by atoms with Gasteiger partial charge in [0.2, 0.25) is 0 Å². The van der Waals surface area contributed by atoms with Crippen LogP contribution < -0.4 is 10.3 Å².